The Morgan fingerprint density at radius 1 is 1.47 bits per heavy atom. The van der Waals surface area contributed by atoms with Crippen LogP contribution >= 0.6 is 0 Å². The predicted molar refractivity (Wildman–Crippen MR) is 58.4 cm³/mol. The van der Waals surface area contributed by atoms with Crippen molar-refractivity contribution in [3.63, 3.8) is 0 Å². The first-order valence-electron chi connectivity index (χ1n) is 5.18. The van der Waals surface area contributed by atoms with Gasteiger partial charge in [-0.25, -0.2) is 8.42 Å². The molecular weight excluding hydrogens is 216 g/mol. The molecule has 0 aromatic carbocycles. The Balaban J connectivity index is 2.35. The average molecular weight is 234 g/mol. The van der Waals surface area contributed by atoms with Crippen LogP contribution in [0.3, 0.4) is 0 Å². The van der Waals surface area contributed by atoms with Gasteiger partial charge in [-0.1, -0.05) is 0 Å². The van der Waals surface area contributed by atoms with E-state index in [1.54, 1.807) is 7.05 Å². The lowest BCUT2D eigenvalue weighted by molar-refractivity contribution is -0.121. The van der Waals surface area contributed by atoms with E-state index < -0.39 is 9.84 Å². The molecule has 2 N–H and O–H groups in total. The van der Waals surface area contributed by atoms with Gasteiger partial charge >= 0.3 is 0 Å². The third kappa shape index (κ3) is 4.61. The lowest BCUT2D eigenvalue weighted by Gasteiger charge is -2.22. The second kappa shape index (κ2) is 5.46. The molecule has 5 nitrogen and oxygen atoms in total. The highest BCUT2D eigenvalue weighted by Gasteiger charge is 2.25. The smallest absolute Gasteiger partial charge is 0.221 e. The topological polar surface area (TPSA) is 75.3 Å². The lowest BCUT2D eigenvalue weighted by Crippen LogP contribution is -2.43. The maximum absolute atomic E-state index is 11.3. The summed E-state index contributed by atoms with van der Waals surface area (Å²) in [4.78, 5) is 11.3. The Kier molecular flexibility index (Phi) is 4.53. The number of carbonyl (C=O) groups excluding carboxylic acids is 1. The maximum Gasteiger partial charge on any atom is 0.221 e. The first-order chi connectivity index (χ1) is 7.03. The minimum Gasteiger partial charge on any atom is -0.352 e. The number of rotatable bonds is 4. The van der Waals surface area contributed by atoms with E-state index in [4.69, 9.17) is 0 Å². The number of carbonyl (C=O) groups is 1. The summed E-state index contributed by atoms with van der Waals surface area (Å²) in [5.41, 5.74) is 0. The SMILES string of the molecule is CNCCC(=O)NC1CCCS(=O)(=O)C1. The summed E-state index contributed by atoms with van der Waals surface area (Å²) >= 11 is 0. The molecule has 0 aromatic heterocycles. The normalized spacial score (nSPS) is 24.7. The molecule has 0 aliphatic carbocycles. The van der Waals surface area contributed by atoms with Crippen LogP contribution in [0.4, 0.5) is 0 Å². The summed E-state index contributed by atoms with van der Waals surface area (Å²) in [7, 11) is -1.15. The van der Waals surface area contributed by atoms with Gasteiger partial charge in [-0.2, -0.15) is 0 Å². The third-order valence-corrected chi connectivity index (χ3v) is 4.25. The fourth-order valence-corrected chi connectivity index (χ4v) is 3.31. The lowest BCUT2D eigenvalue weighted by atomic mass is 10.2. The predicted octanol–water partition coefficient (Wildman–Crippen LogP) is -0.711. The molecule has 1 atom stereocenters. The van der Waals surface area contributed by atoms with Crippen LogP contribution in [0.2, 0.25) is 0 Å². The number of hydrogen-bond donors (Lipinski definition) is 2. The first kappa shape index (κ1) is 12.4. The maximum atomic E-state index is 11.3. The number of sulfone groups is 1. The largest absolute Gasteiger partial charge is 0.352 e. The van der Waals surface area contributed by atoms with Gasteiger partial charge in [0.15, 0.2) is 9.84 Å². The van der Waals surface area contributed by atoms with Crippen LogP contribution in [0.5, 0.6) is 0 Å². The van der Waals surface area contributed by atoms with Gasteiger partial charge in [-0.15, -0.1) is 0 Å². The zero-order valence-electron chi connectivity index (χ0n) is 8.95. The quantitative estimate of drug-likeness (QED) is 0.674. The summed E-state index contributed by atoms with van der Waals surface area (Å²) in [6.45, 7) is 0.616. The average Bonchev–Trinajstić information content (AvgIpc) is 2.13. The second-order valence-corrected chi connectivity index (χ2v) is 6.10. The third-order valence-electron chi connectivity index (χ3n) is 2.43. The molecule has 15 heavy (non-hydrogen) atoms. The molecule has 1 aliphatic heterocycles. The fraction of sp³-hybridized carbons (Fsp3) is 0.889. The van der Waals surface area contributed by atoms with E-state index in [0.717, 1.165) is 6.42 Å². The van der Waals surface area contributed by atoms with Crippen molar-refractivity contribution in [2.45, 2.75) is 25.3 Å². The van der Waals surface area contributed by atoms with Crippen LogP contribution < -0.4 is 10.6 Å². The molecule has 88 valence electrons. The van der Waals surface area contributed by atoms with E-state index in [1.165, 1.54) is 0 Å². The number of nitrogens with one attached hydrogen (secondary N) is 2. The van der Waals surface area contributed by atoms with Crippen molar-refractivity contribution in [2.75, 3.05) is 25.1 Å². The monoisotopic (exact) mass is 234 g/mol. The van der Waals surface area contributed by atoms with Crippen LogP contribution in [-0.4, -0.2) is 45.5 Å². The summed E-state index contributed by atoms with van der Waals surface area (Å²) in [5.74, 6) is 0.278. The summed E-state index contributed by atoms with van der Waals surface area (Å²) < 4.78 is 22.6. The second-order valence-electron chi connectivity index (χ2n) is 3.87. The van der Waals surface area contributed by atoms with Crippen molar-refractivity contribution in [1.29, 1.82) is 0 Å². The van der Waals surface area contributed by atoms with E-state index in [-0.39, 0.29) is 23.5 Å². The summed E-state index contributed by atoms with van der Waals surface area (Å²) in [6, 6.07) is -0.187. The van der Waals surface area contributed by atoms with E-state index in [9.17, 15) is 13.2 Å². The Bertz CT molecular complexity index is 313. The van der Waals surface area contributed by atoms with E-state index >= 15 is 0 Å². The molecule has 0 saturated carbocycles. The van der Waals surface area contributed by atoms with E-state index in [2.05, 4.69) is 10.6 Å². The zero-order valence-corrected chi connectivity index (χ0v) is 9.77. The Morgan fingerprint density at radius 3 is 2.80 bits per heavy atom. The number of amides is 1. The molecule has 0 aromatic rings. The molecule has 1 saturated heterocycles. The Hall–Kier alpha value is -0.620. The molecule has 1 aliphatic rings. The number of hydrogen-bond acceptors (Lipinski definition) is 4. The molecule has 0 radical (unpaired) electrons. The fourth-order valence-electron chi connectivity index (χ4n) is 1.68. The van der Waals surface area contributed by atoms with Gasteiger partial charge in [0, 0.05) is 19.0 Å². The molecule has 0 bridgehead atoms. The van der Waals surface area contributed by atoms with Gasteiger partial charge in [0.05, 0.1) is 11.5 Å². The van der Waals surface area contributed by atoms with Crippen LogP contribution in [0, 0.1) is 0 Å². The summed E-state index contributed by atoms with van der Waals surface area (Å²) in [6.07, 6.45) is 1.82. The van der Waals surface area contributed by atoms with Crippen LogP contribution in [0.25, 0.3) is 0 Å². The Morgan fingerprint density at radius 2 is 2.20 bits per heavy atom. The van der Waals surface area contributed by atoms with E-state index in [0.29, 0.717) is 19.4 Å². The van der Waals surface area contributed by atoms with Crippen molar-refractivity contribution in [2.24, 2.45) is 0 Å². The van der Waals surface area contributed by atoms with Crippen LogP contribution in [0.1, 0.15) is 19.3 Å². The van der Waals surface area contributed by atoms with Gasteiger partial charge in [-0.3, -0.25) is 4.79 Å². The molecular formula is C9H18N2O3S. The van der Waals surface area contributed by atoms with Gasteiger partial charge in [0.2, 0.25) is 5.91 Å². The standard InChI is InChI=1S/C9H18N2O3S/c1-10-5-4-9(12)11-8-3-2-6-15(13,14)7-8/h8,10H,2-7H2,1H3,(H,11,12). The van der Waals surface area contributed by atoms with Crippen molar-refractivity contribution in [3.8, 4) is 0 Å². The van der Waals surface area contributed by atoms with Crippen molar-refractivity contribution < 1.29 is 13.2 Å². The summed E-state index contributed by atoms with van der Waals surface area (Å²) in [5, 5.41) is 5.62. The van der Waals surface area contributed by atoms with Gasteiger partial charge in [-0.05, 0) is 19.9 Å². The molecule has 1 heterocycles. The highest BCUT2D eigenvalue weighted by Crippen LogP contribution is 2.11. The molecule has 1 unspecified atom stereocenters. The van der Waals surface area contributed by atoms with Crippen LogP contribution in [-0.2, 0) is 14.6 Å². The van der Waals surface area contributed by atoms with Crippen molar-refractivity contribution >= 4 is 15.7 Å². The van der Waals surface area contributed by atoms with Crippen LogP contribution in [0.15, 0.2) is 0 Å². The molecule has 1 fully saturated rings. The zero-order chi connectivity index (χ0) is 11.3. The molecule has 1 rings (SSSR count). The molecule has 1 amide bonds. The molecule has 6 heteroatoms. The van der Waals surface area contributed by atoms with Crippen molar-refractivity contribution in [3.05, 3.63) is 0 Å². The minimum absolute atomic E-state index is 0.0774. The first-order valence-corrected chi connectivity index (χ1v) is 7.00. The highest BCUT2D eigenvalue weighted by molar-refractivity contribution is 7.91. The Labute approximate surface area is 90.5 Å². The van der Waals surface area contributed by atoms with Gasteiger partial charge < -0.3 is 10.6 Å². The van der Waals surface area contributed by atoms with Gasteiger partial charge in [0.25, 0.3) is 0 Å². The molecule has 0 spiro atoms. The van der Waals surface area contributed by atoms with Crippen molar-refractivity contribution in [1.82, 2.24) is 10.6 Å². The van der Waals surface area contributed by atoms with Gasteiger partial charge in [0.1, 0.15) is 0 Å². The highest BCUT2D eigenvalue weighted by atomic mass is 32.2. The minimum atomic E-state index is -2.93. The van der Waals surface area contributed by atoms with E-state index in [1.807, 2.05) is 0 Å².